The van der Waals surface area contributed by atoms with Crippen molar-refractivity contribution < 1.29 is 29.0 Å². The minimum absolute atomic E-state index is 0.140. The first-order valence-corrected chi connectivity index (χ1v) is 11.1. The van der Waals surface area contributed by atoms with E-state index >= 15 is 0 Å². The molecule has 2 fully saturated rings. The predicted molar refractivity (Wildman–Crippen MR) is 120 cm³/mol. The van der Waals surface area contributed by atoms with Crippen LogP contribution >= 0.6 is 11.6 Å². The number of nitrogen functional groups attached to an aromatic ring is 1. The zero-order valence-electron chi connectivity index (χ0n) is 18.8. The molecule has 1 aromatic rings. The fourth-order valence-electron chi connectivity index (χ4n) is 3.95. The molecule has 0 unspecified atom stereocenters. The molecule has 33 heavy (non-hydrogen) atoms. The van der Waals surface area contributed by atoms with Gasteiger partial charge < -0.3 is 31.1 Å². The number of benzene rings is 1. The highest BCUT2D eigenvalue weighted by molar-refractivity contribution is 6.33. The molecule has 5 N–H and O–H groups in total. The molecule has 0 aliphatic carbocycles. The van der Waals surface area contributed by atoms with E-state index in [0.29, 0.717) is 25.1 Å². The van der Waals surface area contributed by atoms with E-state index in [2.05, 4.69) is 15.4 Å². The van der Waals surface area contributed by atoms with Gasteiger partial charge in [0.1, 0.15) is 18.1 Å². The summed E-state index contributed by atoms with van der Waals surface area (Å²) in [6.45, 7) is 5.79. The zero-order valence-corrected chi connectivity index (χ0v) is 19.5. The van der Waals surface area contributed by atoms with E-state index in [9.17, 15) is 24.3 Å². The van der Waals surface area contributed by atoms with Gasteiger partial charge in [-0.25, -0.2) is 0 Å². The van der Waals surface area contributed by atoms with Crippen molar-refractivity contribution in [1.29, 1.82) is 0 Å². The van der Waals surface area contributed by atoms with Crippen molar-refractivity contribution in [1.82, 2.24) is 15.5 Å². The molecule has 2 aliphatic heterocycles. The van der Waals surface area contributed by atoms with E-state index in [4.69, 9.17) is 17.3 Å². The number of ether oxygens (including phenoxy) is 1. The van der Waals surface area contributed by atoms with Crippen LogP contribution in [0, 0.1) is 5.41 Å². The molecule has 0 spiro atoms. The number of carbonyl (C=O) groups excluding carboxylic acids is 4. The summed E-state index contributed by atoms with van der Waals surface area (Å²) in [5.74, 6) is -1.97. The summed E-state index contributed by atoms with van der Waals surface area (Å²) in [5.41, 5.74) is 5.64. The summed E-state index contributed by atoms with van der Waals surface area (Å²) < 4.78 is 4.65. The number of rotatable bonds is 5. The number of amides is 3. The van der Waals surface area contributed by atoms with Crippen LogP contribution in [0.2, 0.25) is 5.02 Å². The number of nitrogens with two attached hydrogens (primary N) is 1. The van der Waals surface area contributed by atoms with Crippen molar-refractivity contribution in [2.75, 3.05) is 12.3 Å². The van der Waals surface area contributed by atoms with Crippen molar-refractivity contribution in [2.24, 2.45) is 5.41 Å². The quantitative estimate of drug-likeness (QED) is 0.359. The molecule has 0 radical (unpaired) electrons. The van der Waals surface area contributed by atoms with Gasteiger partial charge in [0.05, 0.1) is 17.1 Å². The zero-order chi connectivity index (χ0) is 24.5. The maximum absolute atomic E-state index is 13.5. The van der Waals surface area contributed by atoms with E-state index < -0.39 is 53.5 Å². The van der Waals surface area contributed by atoms with Gasteiger partial charge in [-0.1, -0.05) is 32.4 Å². The number of anilines is 1. The number of likely N-dealkylation sites (tertiary alicyclic amines) is 1. The monoisotopic (exact) mass is 480 g/mol. The number of halogens is 1. The Kier molecular flexibility index (Phi) is 7.18. The van der Waals surface area contributed by atoms with Crippen LogP contribution in [0.3, 0.4) is 0 Å². The lowest BCUT2D eigenvalue weighted by atomic mass is 9.85. The second-order valence-corrected chi connectivity index (χ2v) is 9.81. The molecule has 3 rings (SSSR count). The van der Waals surface area contributed by atoms with Gasteiger partial charge in [0.25, 0.3) is 5.91 Å². The molecule has 4 atom stereocenters. The van der Waals surface area contributed by atoms with Crippen molar-refractivity contribution in [3.05, 3.63) is 28.8 Å². The van der Waals surface area contributed by atoms with Crippen LogP contribution in [0.25, 0.3) is 0 Å². The van der Waals surface area contributed by atoms with Gasteiger partial charge in [-0.3, -0.25) is 19.2 Å². The summed E-state index contributed by atoms with van der Waals surface area (Å²) in [5, 5.41) is 15.4. The predicted octanol–water partition coefficient (Wildman–Crippen LogP) is 0.808. The van der Waals surface area contributed by atoms with Crippen LogP contribution in [-0.2, 0) is 19.1 Å². The lowest BCUT2D eigenvalue weighted by Crippen LogP contribution is -2.58. The van der Waals surface area contributed by atoms with E-state index in [1.165, 1.54) is 23.1 Å². The molecular weight excluding hydrogens is 452 g/mol. The Morgan fingerprint density at radius 1 is 1.30 bits per heavy atom. The second-order valence-electron chi connectivity index (χ2n) is 9.40. The molecule has 2 aliphatic rings. The summed E-state index contributed by atoms with van der Waals surface area (Å²) in [6.07, 6.45) is -0.531. The smallest absolute Gasteiger partial charge is 0.310 e. The Labute approximate surface area is 196 Å². The number of aliphatic hydroxyl groups excluding tert-OH is 1. The molecule has 0 saturated carbocycles. The van der Waals surface area contributed by atoms with Gasteiger partial charge in [-0.2, -0.15) is 0 Å². The van der Waals surface area contributed by atoms with Crippen molar-refractivity contribution in [3.63, 3.8) is 0 Å². The van der Waals surface area contributed by atoms with E-state index in [1.54, 1.807) is 0 Å². The number of aliphatic hydroxyl groups is 1. The SMILES string of the molecule is CC(C)(C)[C@H](NC(=O)c1ccc(N)c(Cl)c1)C(=O)N1CCC[C@H]1C(=O)N[C@H]1CC(=O)O[C@H]1O. The molecule has 0 aromatic heterocycles. The average molecular weight is 481 g/mol. The first kappa shape index (κ1) is 24.8. The topological polar surface area (TPSA) is 151 Å². The van der Waals surface area contributed by atoms with Crippen molar-refractivity contribution in [3.8, 4) is 0 Å². The van der Waals surface area contributed by atoms with Gasteiger partial charge in [0.2, 0.25) is 18.1 Å². The molecule has 1 aromatic carbocycles. The number of hydrogen-bond acceptors (Lipinski definition) is 7. The number of esters is 1. The molecule has 2 saturated heterocycles. The highest BCUT2D eigenvalue weighted by atomic mass is 35.5. The first-order chi connectivity index (χ1) is 15.4. The minimum atomic E-state index is -1.42. The summed E-state index contributed by atoms with van der Waals surface area (Å²) in [7, 11) is 0. The Balaban J connectivity index is 1.75. The number of carbonyl (C=O) groups is 4. The largest absolute Gasteiger partial charge is 0.434 e. The van der Waals surface area contributed by atoms with Gasteiger partial charge in [0, 0.05) is 12.1 Å². The number of nitrogens with one attached hydrogen (secondary N) is 2. The Hall–Kier alpha value is -2.85. The molecule has 11 heteroatoms. The highest BCUT2D eigenvalue weighted by Gasteiger charge is 2.43. The Bertz CT molecular complexity index is 963. The second kappa shape index (κ2) is 9.56. The Morgan fingerprint density at radius 3 is 2.58 bits per heavy atom. The molecular formula is C22H29ClN4O6. The molecule has 10 nitrogen and oxygen atoms in total. The summed E-state index contributed by atoms with van der Waals surface area (Å²) in [6, 6.07) is 1.89. The third-order valence-corrected chi connectivity index (χ3v) is 6.13. The maximum atomic E-state index is 13.5. The van der Waals surface area contributed by atoms with Crippen LogP contribution in [0.4, 0.5) is 5.69 Å². The lowest BCUT2D eigenvalue weighted by Gasteiger charge is -2.35. The lowest BCUT2D eigenvalue weighted by molar-refractivity contribution is -0.155. The van der Waals surface area contributed by atoms with Gasteiger partial charge in [-0.05, 0) is 36.5 Å². The third kappa shape index (κ3) is 5.56. The molecule has 0 bridgehead atoms. The van der Waals surface area contributed by atoms with Gasteiger partial charge >= 0.3 is 5.97 Å². The third-order valence-electron chi connectivity index (χ3n) is 5.80. The number of cyclic esters (lactones) is 1. The first-order valence-electron chi connectivity index (χ1n) is 10.7. The van der Waals surface area contributed by atoms with Gasteiger partial charge in [-0.15, -0.1) is 0 Å². The average Bonchev–Trinajstić information content (AvgIpc) is 3.33. The molecule has 3 amide bonds. The maximum Gasteiger partial charge on any atom is 0.310 e. The van der Waals surface area contributed by atoms with Crippen LogP contribution in [0.5, 0.6) is 0 Å². The van der Waals surface area contributed by atoms with Crippen LogP contribution < -0.4 is 16.4 Å². The van der Waals surface area contributed by atoms with Crippen LogP contribution in [-0.4, -0.2) is 64.7 Å². The molecule has 2 heterocycles. The highest BCUT2D eigenvalue weighted by Crippen LogP contribution is 2.27. The van der Waals surface area contributed by atoms with E-state index in [-0.39, 0.29) is 17.0 Å². The fraction of sp³-hybridized carbons (Fsp3) is 0.545. The van der Waals surface area contributed by atoms with Crippen molar-refractivity contribution >= 4 is 41.0 Å². The summed E-state index contributed by atoms with van der Waals surface area (Å²) >= 11 is 6.02. The van der Waals surface area contributed by atoms with Crippen LogP contribution in [0.15, 0.2) is 18.2 Å². The van der Waals surface area contributed by atoms with Crippen molar-refractivity contribution in [2.45, 2.75) is 64.4 Å². The van der Waals surface area contributed by atoms with Gasteiger partial charge in [0.15, 0.2) is 0 Å². The van der Waals surface area contributed by atoms with E-state index in [1.807, 2.05) is 20.8 Å². The molecule has 180 valence electrons. The minimum Gasteiger partial charge on any atom is -0.434 e. The summed E-state index contributed by atoms with van der Waals surface area (Å²) in [4.78, 5) is 52.0. The Morgan fingerprint density at radius 2 is 2.00 bits per heavy atom. The standard InChI is InChI=1S/C22H29ClN4O6/c1-22(2,3)17(26-18(29)11-6-7-13(24)12(23)9-11)20(31)27-8-4-5-15(27)19(30)25-14-10-16(28)33-21(14)32/h6-7,9,14-15,17,21,32H,4-5,8,10,24H2,1-3H3,(H,25,30)(H,26,29)/t14-,15-,17+,21+/m0/s1. The van der Waals surface area contributed by atoms with E-state index in [0.717, 1.165) is 0 Å². The number of nitrogens with zero attached hydrogens (tertiary/aromatic N) is 1. The van der Waals surface area contributed by atoms with Crippen LogP contribution in [0.1, 0.15) is 50.4 Å². The normalized spacial score (nSPS) is 23.7. The fourth-order valence-corrected chi connectivity index (χ4v) is 4.13. The number of hydrogen-bond donors (Lipinski definition) is 4.